The molecule has 0 radical (unpaired) electrons. The van der Waals surface area contributed by atoms with Crippen LogP contribution in [0.5, 0.6) is 5.75 Å². The molecule has 2 rings (SSSR count). The van der Waals surface area contributed by atoms with Gasteiger partial charge in [-0.3, -0.25) is 0 Å². The lowest BCUT2D eigenvalue weighted by Gasteiger charge is -2.23. The van der Waals surface area contributed by atoms with Crippen molar-refractivity contribution in [3.8, 4) is 5.75 Å². The molecule has 0 aliphatic rings. The van der Waals surface area contributed by atoms with Gasteiger partial charge in [-0.15, -0.1) is 0 Å². The van der Waals surface area contributed by atoms with Gasteiger partial charge >= 0.3 is 0 Å². The largest absolute Gasteiger partial charge is 0.507 e. The van der Waals surface area contributed by atoms with E-state index in [0.29, 0.717) is 12.3 Å². The van der Waals surface area contributed by atoms with Crippen molar-refractivity contribution in [3.05, 3.63) is 42.0 Å². The predicted molar refractivity (Wildman–Crippen MR) is 72.2 cm³/mol. The van der Waals surface area contributed by atoms with E-state index in [1.54, 1.807) is 0 Å². The Kier molecular flexibility index (Phi) is 3.07. The minimum atomic E-state index is 0.0138. The third-order valence-corrected chi connectivity index (χ3v) is 3.21. The van der Waals surface area contributed by atoms with Crippen molar-refractivity contribution < 1.29 is 5.11 Å². The molecule has 0 aliphatic heterocycles. The Morgan fingerprint density at radius 3 is 2.53 bits per heavy atom. The Balaban J connectivity index is 2.46. The topological polar surface area (TPSA) is 46.2 Å². The van der Waals surface area contributed by atoms with Gasteiger partial charge in [-0.25, -0.2) is 0 Å². The zero-order valence-corrected chi connectivity index (χ0v) is 10.4. The third kappa shape index (κ3) is 2.42. The molecule has 90 valence electrons. The number of benzene rings is 2. The lowest BCUT2D eigenvalue weighted by atomic mass is 9.85. The molecule has 0 heterocycles. The molecule has 0 amide bonds. The van der Waals surface area contributed by atoms with Crippen molar-refractivity contribution >= 4 is 10.8 Å². The molecule has 0 aromatic heterocycles. The second-order valence-electron chi connectivity index (χ2n) is 5.34. The van der Waals surface area contributed by atoms with E-state index in [9.17, 15) is 5.11 Å². The van der Waals surface area contributed by atoms with Crippen LogP contribution in [0.15, 0.2) is 36.4 Å². The van der Waals surface area contributed by atoms with Crippen LogP contribution in [0.3, 0.4) is 0 Å². The third-order valence-electron chi connectivity index (χ3n) is 3.21. The lowest BCUT2D eigenvalue weighted by Crippen LogP contribution is -2.25. The summed E-state index contributed by atoms with van der Waals surface area (Å²) in [6.07, 6.45) is 0.792. The number of nitrogens with two attached hydrogens (primary N) is 1. The monoisotopic (exact) mass is 229 g/mol. The Bertz CT molecular complexity index is 531. The molecule has 0 spiro atoms. The predicted octanol–water partition coefficient (Wildman–Crippen LogP) is 3.07. The highest BCUT2D eigenvalue weighted by atomic mass is 16.3. The molecule has 0 fully saturated rings. The average Bonchev–Trinajstić information content (AvgIpc) is 2.33. The van der Waals surface area contributed by atoms with Crippen LogP contribution in [0.25, 0.3) is 10.8 Å². The van der Waals surface area contributed by atoms with E-state index in [1.807, 2.05) is 30.3 Å². The first-order chi connectivity index (χ1) is 8.03. The molecular formula is C15H19NO. The number of phenols is 1. The Morgan fingerprint density at radius 2 is 1.82 bits per heavy atom. The average molecular weight is 229 g/mol. The molecule has 0 aliphatic carbocycles. The molecule has 0 bridgehead atoms. The highest BCUT2D eigenvalue weighted by Gasteiger charge is 2.18. The van der Waals surface area contributed by atoms with Gasteiger partial charge in [0.05, 0.1) is 0 Å². The summed E-state index contributed by atoms with van der Waals surface area (Å²) in [4.78, 5) is 0. The van der Waals surface area contributed by atoms with Gasteiger partial charge in [0.2, 0.25) is 0 Å². The molecule has 0 atom stereocenters. The molecule has 2 nitrogen and oxygen atoms in total. The van der Waals surface area contributed by atoms with Crippen molar-refractivity contribution in [2.75, 3.05) is 6.54 Å². The summed E-state index contributed by atoms with van der Waals surface area (Å²) in [5.74, 6) is 0.393. The van der Waals surface area contributed by atoms with E-state index >= 15 is 0 Å². The van der Waals surface area contributed by atoms with Crippen LogP contribution in [-0.2, 0) is 6.42 Å². The SMILES string of the molecule is CC(C)(CN)Cc1ccc2ccccc2c1O. The first kappa shape index (κ1) is 11.9. The zero-order chi connectivity index (χ0) is 12.5. The fraction of sp³-hybridized carbons (Fsp3) is 0.333. The maximum Gasteiger partial charge on any atom is 0.126 e. The van der Waals surface area contributed by atoms with Gasteiger partial charge in [-0.05, 0) is 29.3 Å². The standard InChI is InChI=1S/C15H19NO/c1-15(2,10-16)9-12-8-7-11-5-3-4-6-13(11)14(12)17/h3-8,17H,9-10,16H2,1-2H3. The summed E-state index contributed by atoms with van der Waals surface area (Å²) >= 11 is 0. The fourth-order valence-electron chi connectivity index (χ4n) is 2.03. The molecule has 2 aromatic rings. The lowest BCUT2D eigenvalue weighted by molar-refractivity contribution is 0.367. The van der Waals surface area contributed by atoms with Gasteiger partial charge in [-0.1, -0.05) is 50.2 Å². The second-order valence-corrected chi connectivity index (χ2v) is 5.34. The van der Waals surface area contributed by atoms with Gasteiger partial charge in [0.25, 0.3) is 0 Å². The van der Waals surface area contributed by atoms with Crippen LogP contribution in [0.2, 0.25) is 0 Å². The highest BCUT2D eigenvalue weighted by Crippen LogP contribution is 2.32. The summed E-state index contributed by atoms with van der Waals surface area (Å²) in [5.41, 5.74) is 6.72. The molecule has 0 saturated heterocycles. The maximum absolute atomic E-state index is 10.3. The van der Waals surface area contributed by atoms with Gasteiger partial charge in [0, 0.05) is 5.39 Å². The summed E-state index contributed by atoms with van der Waals surface area (Å²) in [6, 6.07) is 11.9. The number of hydrogen-bond acceptors (Lipinski definition) is 2. The van der Waals surface area contributed by atoms with Crippen molar-refractivity contribution in [1.82, 2.24) is 0 Å². The first-order valence-electron chi connectivity index (χ1n) is 5.93. The molecule has 3 N–H and O–H groups in total. The quantitative estimate of drug-likeness (QED) is 0.849. The van der Waals surface area contributed by atoms with Gasteiger partial charge in [-0.2, -0.15) is 0 Å². The Morgan fingerprint density at radius 1 is 1.12 bits per heavy atom. The van der Waals surface area contributed by atoms with Crippen LogP contribution in [0.4, 0.5) is 0 Å². The van der Waals surface area contributed by atoms with E-state index < -0.39 is 0 Å². The van der Waals surface area contributed by atoms with E-state index in [4.69, 9.17) is 5.73 Å². The molecular weight excluding hydrogens is 210 g/mol. The van der Waals surface area contributed by atoms with Crippen LogP contribution >= 0.6 is 0 Å². The maximum atomic E-state index is 10.3. The van der Waals surface area contributed by atoms with Gasteiger partial charge in [0.15, 0.2) is 0 Å². The first-order valence-corrected chi connectivity index (χ1v) is 5.93. The summed E-state index contributed by atoms with van der Waals surface area (Å²) in [5, 5.41) is 12.3. The number of aromatic hydroxyl groups is 1. The zero-order valence-electron chi connectivity index (χ0n) is 10.4. The molecule has 17 heavy (non-hydrogen) atoms. The fourth-order valence-corrected chi connectivity index (χ4v) is 2.03. The molecule has 2 heteroatoms. The van der Waals surface area contributed by atoms with Crippen LogP contribution in [-0.4, -0.2) is 11.7 Å². The molecule has 0 unspecified atom stereocenters. The smallest absolute Gasteiger partial charge is 0.126 e. The number of fused-ring (bicyclic) bond motifs is 1. The highest BCUT2D eigenvalue weighted by molar-refractivity contribution is 5.89. The summed E-state index contributed by atoms with van der Waals surface area (Å²) in [6.45, 7) is 4.84. The van der Waals surface area contributed by atoms with E-state index in [1.165, 1.54) is 0 Å². The number of phenolic OH excluding ortho intramolecular Hbond substituents is 1. The summed E-state index contributed by atoms with van der Waals surface area (Å²) in [7, 11) is 0. The van der Waals surface area contributed by atoms with Crippen LogP contribution < -0.4 is 5.73 Å². The molecule has 2 aromatic carbocycles. The van der Waals surface area contributed by atoms with Crippen molar-refractivity contribution in [3.63, 3.8) is 0 Å². The molecule has 0 saturated carbocycles. The number of rotatable bonds is 3. The van der Waals surface area contributed by atoms with Crippen molar-refractivity contribution in [2.24, 2.45) is 11.1 Å². The van der Waals surface area contributed by atoms with Crippen LogP contribution in [0, 0.1) is 5.41 Å². The minimum Gasteiger partial charge on any atom is -0.507 e. The minimum absolute atomic E-state index is 0.0138. The normalized spacial score (nSPS) is 11.9. The van der Waals surface area contributed by atoms with E-state index in [-0.39, 0.29) is 5.41 Å². The van der Waals surface area contributed by atoms with Crippen LogP contribution in [0.1, 0.15) is 19.4 Å². The van der Waals surface area contributed by atoms with Gasteiger partial charge < -0.3 is 10.8 Å². The van der Waals surface area contributed by atoms with Crippen molar-refractivity contribution in [1.29, 1.82) is 0 Å². The second kappa shape index (κ2) is 4.38. The number of hydrogen-bond donors (Lipinski definition) is 2. The van der Waals surface area contributed by atoms with Gasteiger partial charge in [0.1, 0.15) is 5.75 Å². The Hall–Kier alpha value is -1.54. The summed E-state index contributed by atoms with van der Waals surface area (Å²) < 4.78 is 0. The van der Waals surface area contributed by atoms with E-state index in [2.05, 4.69) is 19.9 Å². The Labute approximate surface area is 102 Å². The van der Waals surface area contributed by atoms with E-state index in [0.717, 1.165) is 22.8 Å². The van der Waals surface area contributed by atoms with Crippen molar-refractivity contribution in [2.45, 2.75) is 20.3 Å².